The van der Waals surface area contributed by atoms with Gasteiger partial charge in [0.25, 0.3) is 5.56 Å². The van der Waals surface area contributed by atoms with E-state index in [0.29, 0.717) is 6.54 Å². The van der Waals surface area contributed by atoms with E-state index in [1.807, 2.05) is 13.8 Å². The summed E-state index contributed by atoms with van der Waals surface area (Å²) < 4.78 is 1.14. The zero-order chi connectivity index (χ0) is 10.7. The van der Waals surface area contributed by atoms with E-state index >= 15 is 0 Å². The van der Waals surface area contributed by atoms with Crippen LogP contribution in [-0.4, -0.2) is 9.55 Å². The second-order valence-electron chi connectivity index (χ2n) is 3.48. The molecule has 6 nitrogen and oxygen atoms in total. The molecule has 0 aliphatic heterocycles. The second kappa shape index (κ2) is 4.10. The van der Waals surface area contributed by atoms with E-state index in [2.05, 4.69) is 10.4 Å². The van der Waals surface area contributed by atoms with Gasteiger partial charge in [-0.1, -0.05) is 13.8 Å². The predicted molar refractivity (Wildman–Crippen MR) is 54.0 cm³/mol. The number of hydrogen-bond donors (Lipinski definition) is 3. The van der Waals surface area contributed by atoms with Gasteiger partial charge in [-0.15, -0.1) is 0 Å². The van der Waals surface area contributed by atoms with Crippen molar-refractivity contribution < 1.29 is 0 Å². The lowest BCUT2D eigenvalue weighted by Gasteiger charge is -2.07. The van der Waals surface area contributed by atoms with E-state index in [4.69, 9.17) is 5.84 Å². The third kappa shape index (κ3) is 2.23. The van der Waals surface area contributed by atoms with E-state index in [-0.39, 0.29) is 17.3 Å². The largest absolute Gasteiger partial charge is 0.329 e. The number of aromatic nitrogens is 2. The second-order valence-corrected chi connectivity index (χ2v) is 3.48. The molecule has 0 spiro atoms. The maximum Gasteiger partial charge on any atom is 0.329 e. The van der Waals surface area contributed by atoms with Gasteiger partial charge in [-0.05, 0) is 5.92 Å². The average Bonchev–Trinajstić information content (AvgIpc) is 2.10. The number of nitrogen functional groups attached to an aromatic ring is 1. The number of anilines is 1. The van der Waals surface area contributed by atoms with Crippen LogP contribution in [0.4, 0.5) is 5.82 Å². The Morgan fingerprint density at radius 2 is 2.21 bits per heavy atom. The van der Waals surface area contributed by atoms with Gasteiger partial charge in [-0.2, -0.15) is 0 Å². The van der Waals surface area contributed by atoms with Crippen molar-refractivity contribution in [1.29, 1.82) is 0 Å². The molecule has 1 aromatic rings. The van der Waals surface area contributed by atoms with Gasteiger partial charge in [-0.3, -0.25) is 14.3 Å². The molecule has 6 heteroatoms. The molecule has 0 unspecified atom stereocenters. The van der Waals surface area contributed by atoms with E-state index in [0.717, 1.165) is 4.57 Å². The van der Waals surface area contributed by atoms with Crippen LogP contribution in [0.5, 0.6) is 0 Å². The van der Waals surface area contributed by atoms with Gasteiger partial charge in [0, 0.05) is 12.6 Å². The SMILES string of the molecule is CC(C)Cn1c(=O)cc(NN)[nH]c1=O. The number of hydrogen-bond acceptors (Lipinski definition) is 4. The van der Waals surface area contributed by atoms with E-state index in [1.54, 1.807) is 0 Å². The van der Waals surface area contributed by atoms with Gasteiger partial charge >= 0.3 is 5.69 Å². The van der Waals surface area contributed by atoms with Gasteiger partial charge < -0.3 is 5.43 Å². The number of aromatic amines is 1. The molecule has 1 rings (SSSR count). The fourth-order valence-electron chi connectivity index (χ4n) is 1.14. The Hall–Kier alpha value is -1.56. The first-order chi connectivity index (χ1) is 6.54. The van der Waals surface area contributed by atoms with E-state index in [1.165, 1.54) is 6.07 Å². The van der Waals surface area contributed by atoms with Gasteiger partial charge in [0.15, 0.2) is 0 Å². The lowest BCUT2D eigenvalue weighted by molar-refractivity contribution is 0.493. The summed E-state index contributed by atoms with van der Waals surface area (Å²) >= 11 is 0. The molecule has 0 amide bonds. The summed E-state index contributed by atoms with van der Waals surface area (Å²) in [4.78, 5) is 25.2. The minimum Gasteiger partial charge on any atom is -0.310 e. The minimum atomic E-state index is -0.445. The first-order valence-electron chi connectivity index (χ1n) is 4.35. The summed E-state index contributed by atoms with van der Waals surface area (Å²) in [6.07, 6.45) is 0. The van der Waals surface area contributed by atoms with Crippen LogP contribution in [0.2, 0.25) is 0 Å². The van der Waals surface area contributed by atoms with E-state index in [9.17, 15) is 9.59 Å². The molecule has 0 aromatic carbocycles. The zero-order valence-electron chi connectivity index (χ0n) is 8.20. The standard InChI is InChI=1S/C8H14N4O2/c1-5(2)4-12-7(13)3-6(11-9)10-8(12)14/h3,5,11H,4,9H2,1-2H3,(H,10,14). The van der Waals surface area contributed by atoms with Crippen molar-refractivity contribution in [2.75, 3.05) is 5.43 Å². The average molecular weight is 198 g/mol. The van der Waals surface area contributed by atoms with Crippen LogP contribution in [0.3, 0.4) is 0 Å². The Balaban J connectivity index is 3.19. The lowest BCUT2D eigenvalue weighted by atomic mass is 10.2. The summed E-state index contributed by atoms with van der Waals surface area (Å²) in [5.41, 5.74) is 1.42. The van der Waals surface area contributed by atoms with Crippen LogP contribution >= 0.6 is 0 Å². The number of rotatable bonds is 3. The van der Waals surface area contributed by atoms with Crippen LogP contribution in [0.25, 0.3) is 0 Å². The highest BCUT2D eigenvalue weighted by atomic mass is 16.2. The normalized spacial score (nSPS) is 10.6. The lowest BCUT2D eigenvalue weighted by Crippen LogP contribution is -2.36. The topological polar surface area (TPSA) is 92.9 Å². The molecule has 0 saturated heterocycles. The molecule has 0 fully saturated rings. The third-order valence-corrected chi connectivity index (χ3v) is 1.72. The maximum absolute atomic E-state index is 11.4. The molecule has 0 bridgehead atoms. The molecule has 0 radical (unpaired) electrons. The Labute approximate surface area is 80.7 Å². The Bertz CT molecular complexity index is 387. The Morgan fingerprint density at radius 3 is 2.64 bits per heavy atom. The van der Waals surface area contributed by atoms with E-state index < -0.39 is 5.69 Å². The van der Waals surface area contributed by atoms with Gasteiger partial charge in [0.05, 0.1) is 0 Å². The van der Waals surface area contributed by atoms with Crippen molar-refractivity contribution in [3.63, 3.8) is 0 Å². The molecule has 0 saturated carbocycles. The first-order valence-corrected chi connectivity index (χ1v) is 4.35. The quantitative estimate of drug-likeness (QED) is 0.450. The molecule has 0 aliphatic carbocycles. The number of nitrogens with one attached hydrogen (secondary N) is 2. The third-order valence-electron chi connectivity index (χ3n) is 1.72. The molecule has 0 atom stereocenters. The molecule has 4 N–H and O–H groups in total. The van der Waals surface area contributed by atoms with Crippen molar-refractivity contribution in [1.82, 2.24) is 9.55 Å². The van der Waals surface area contributed by atoms with Crippen LogP contribution in [0.1, 0.15) is 13.8 Å². The highest BCUT2D eigenvalue weighted by molar-refractivity contribution is 5.29. The maximum atomic E-state index is 11.4. The van der Waals surface area contributed by atoms with Crippen molar-refractivity contribution in [3.8, 4) is 0 Å². The van der Waals surface area contributed by atoms with Crippen molar-refractivity contribution in [2.45, 2.75) is 20.4 Å². The summed E-state index contributed by atoms with van der Waals surface area (Å²) in [6.45, 7) is 4.26. The number of H-pyrrole nitrogens is 1. The zero-order valence-corrected chi connectivity index (χ0v) is 8.20. The van der Waals surface area contributed by atoms with Crippen LogP contribution in [-0.2, 0) is 6.54 Å². The number of hydrazine groups is 1. The van der Waals surface area contributed by atoms with Crippen molar-refractivity contribution >= 4 is 5.82 Å². The fourth-order valence-corrected chi connectivity index (χ4v) is 1.14. The first kappa shape index (κ1) is 10.5. The Kier molecular flexibility index (Phi) is 3.08. The minimum absolute atomic E-state index is 0.222. The van der Waals surface area contributed by atoms with Crippen LogP contribution in [0, 0.1) is 5.92 Å². The summed E-state index contributed by atoms with van der Waals surface area (Å²) in [7, 11) is 0. The highest BCUT2D eigenvalue weighted by Crippen LogP contribution is 1.94. The molecule has 78 valence electrons. The van der Waals surface area contributed by atoms with Crippen molar-refractivity contribution in [2.24, 2.45) is 11.8 Å². The molecular formula is C8H14N4O2. The summed E-state index contributed by atoms with van der Waals surface area (Å²) in [5.74, 6) is 5.53. The number of nitrogens with two attached hydrogens (primary N) is 1. The van der Waals surface area contributed by atoms with Gasteiger partial charge in [-0.25, -0.2) is 10.6 Å². The molecule has 14 heavy (non-hydrogen) atoms. The molecule has 1 heterocycles. The highest BCUT2D eigenvalue weighted by Gasteiger charge is 2.04. The van der Waals surface area contributed by atoms with Crippen LogP contribution < -0.4 is 22.5 Å². The smallest absolute Gasteiger partial charge is 0.310 e. The summed E-state index contributed by atoms with van der Waals surface area (Å²) in [5, 5.41) is 0. The molecular weight excluding hydrogens is 184 g/mol. The van der Waals surface area contributed by atoms with Gasteiger partial charge in [0.2, 0.25) is 0 Å². The summed E-state index contributed by atoms with van der Waals surface area (Å²) in [6, 6.07) is 1.25. The molecule has 0 aliphatic rings. The predicted octanol–water partition coefficient (Wildman–Crippen LogP) is -0.522. The Morgan fingerprint density at radius 1 is 1.57 bits per heavy atom. The van der Waals surface area contributed by atoms with Crippen LogP contribution in [0.15, 0.2) is 15.7 Å². The monoisotopic (exact) mass is 198 g/mol. The van der Waals surface area contributed by atoms with Crippen molar-refractivity contribution in [3.05, 3.63) is 26.9 Å². The van der Waals surface area contributed by atoms with Gasteiger partial charge in [0.1, 0.15) is 5.82 Å². The fraction of sp³-hybridized carbons (Fsp3) is 0.500. The molecule has 1 aromatic heterocycles. The number of nitrogens with zero attached hydrogens (tertiary/aromatic N) is 1.